The first-order valence-electron chi connectivity index (χ1n) is 6.24. The highest BCUT2D eigenvalue weighted by Gasteiger charge is 2.09. The van der Waals surface area contributed by atoms with E-state index in [1.807, 2.05) is 0 Å². The number of alkyl halides is 1. The van der Waals surface area contributed by atoms with Crippen molar-refractivity contribution in [2.24, 2.45) is 0 Å². The van der Waals surface area contributed by atoms with E-state index in [-0.39, 0.29) is 0 Å². The van der Waals surface area contributed by atoms with Crippen molar-refractivity contribution < 1.29 is 14.3 Å². The summed E-state index contributed by atoms with van der Waals surface area (Å²) in [5, 5.41) is 1.05. The maximum Gasteiger partial charge on any atom is 0.161 e. The number of rotatable bonds is 9. The van der Waals surface area contributed by atoms with Crippen LogP contribution in [0.25, 0.3) is 0 Å². The Morgan fingerprint density at radius 1 is 1.16 bits per heavy atom. The van der Waals surface area contributed by atoms with Crippen LogP contribution in [-0.2, 0) is 0 Å². The highest BCUT2D eigenvalue weighted by Crippen LogP contribution is 2.32. The smallest absolute Gasteiger partial charge is 0.161 e. The summed E-state index contributed by atoms with van der Waals surface area (Å²) in [7, 11) is 1.59. The van der Waals surface area contributed by atoms with E-state index in [4.69, 9.17) is 9.47 Å². The average molecular weight is 394 g/mol. The molecule has 0 spiro atoms. The Hall–Kier alpha value is -0.550. The number of halogens is 2. The monoisotopic (exact) mass is 392 g/mol. The van der Waals surface area contributed by atoms with Crippen LogP contribution in [0.2, 0.25) is 0 Å². The molecule has 0 atom stereocenters. The van der Waals surface area contributed by atoms with E-state index >= 15 is 0 Å². The fourth-order valence-corrected chi connectivity index (χ4v) is 2.46. The number of carbonyl (C=O) groups is 1. The second-order valence-electron chi connectivity index (χ2n) is 4.09. The number of benzene rings is 1. The van der Waals surface area contributed by atoms with Gasteiger partial charge in [0.25, 0.3) is 0 Å². The zero-order valence-corrected chi connectivity index (χ0v) is 14.1. The van der Waals surface area contributed by atoms with E-state index < -0.39 is 0 Å². The minimum atomic E-state index is 0.565. The Kier molecular flexibility index (Phi) is 8.14. The van der Waals surface area contributed by atoms with Gasteiger partial charge >= 0.3 is 0 Å². The second-order valence-corrected chi connectivity index (χ2v) is 5.74. The topological polar surface area (TPSA) is 35.5 Å². The fraction of sp³-hybridized carbons (Fsp3) is 0.500. The third-order valence-corrected chi connectivity index (χ3v) is 3.94. The van der Waals surface area contributed by atoms with Crippen LogP contribution in [0.5, 0.6) is 11.5 Å². The third-order valence-electron chi connectivity index (χ3n) is 2.70. The van der Waals surface area contributed by atoms with Crippen LogP contribution < -0.4 is 9.47 Å². The SMILES string of the molecule is COc1cc(Br)c(C=O)cc1OCCCCCCBr. The highest BCUT2D eigenvalue weighted by molar-refractivity contribution is 9.10. The Labute approximate surface area is 130 Å². The zero-order chi connectivity index (χ0) is 14.1. The van der Waals surface area contributed by atoms with E-state index in [1.54, 1.807) is 19.2 Å². The molecule has 0 saturated carbocycles. The van der Waals surface area contributed by atoms with Crippen molar-refractivity contribution in [1.29, 1.82) is 0 Å². The summed E-state index contributed by atoms with van der Waals surface area (Å²) in [5.74, 6) is 1.26. The Bertz CT molecular complexity index is 408. The quantitative estimate of drug-likeness (QED) is 0.349. The molecule has 0 aromatic heterocycles. The molecule has 3 nitrogen and oxygen atoms in total. The standard InChI is InChI=1S/C14H18Br2O3/c1-18-13-9-12(16)11(10-17)8-14(13)19-7-5-3-2-4-6-15/h8-10H,2-7H2,1H3. The molecule has 1 rings (SSSR count). The second kappa shape index (κ2) is 9.37. The molecular weight excluding hydrogens is 376 g/mol. The van der Waals surface area contributed by atoms with Crippen LogP contribution in [0, 0.1) is 0 Å². The molecule has 0 fully saturated rings. The lowest BCUT2D eigenvalue weighted by molar-refractivity contribution is 0.112. The molecule has 5 heteroatoms. The van der Waals surface area contributed by atoms with Gasteiger partial charge in [0.05, 0.1) is 13.7 Å². The molecule has 0 heterocycles. The molecule has 0 N–H and O–H groups in total. The van der Waals surface area contributed by atoms with Crippen LogP contribution in [0.1, 0.15) is 36.0 Å². The molecular formula is C14H18Br2O3. The van der Waals surface area contributed by atoms with E-state index in [1.165, 1.54) is 12.8 Å². The molecule has 0 amide bonds. The Balaban J connectivity index is 2.54. The maximum atomic E-state index is 10.9. The van der Waals surface area contributed by atoms with E-state index in [0.29, 0.717) is 28.1 Å². The minimum Gasteiger partial charge on any atom is -0.493 e. The summed E-state index contributed by atoms with van der Waals surface area (Å²) >= 11 is 6.73. The molecule has 1 aromatic rings. The Morgan fingerprint density at radius 3 is 2.53 bits per heavy atom. The highest BCUT2D eigenvalue weighted by atomic mass is 79.9. The van der Waals surface area contributed by atoms with E-state index in [2.05, 4.69) is 31.9 Å². The Morgan fingerprint density at radius 2 is 1.89 bits per heavy atom. The van der Waals surface area contributed by atoms with Gasteiger partial charge in [0.15, 0.2) is 17.8 Å². The molecule has 0 aliphatic carbocycles. The van der Waals surface area contributed by atoms with Crippen molar-refractivity contribution in [3.63, 3.8) is 0 Å². The molecule has 0 radical (unpaired) electrons. The van der Waals surface area contributed by atoms with Crippen LogP contribution in [0.4, 0.5) is 0 Å². The number of ether oxygens (including phenoxy) is 2. The van der Waals surface area contributed by atoms with Gasteiger partial charge in [-0.15, -0.1) is 0 Å². The van der Waals surface area contributed by atoms with Gasteiger partial charge in [-0.25, -0.2) is 0 Å². The van der Waals surface area contributed by atoms with E-state index in [9.17, 15) is 4.79 Å². The van der Waals surface area contributed by atoms with Crippen molar-refractivity contribution in [3.05, 3.63) is 22.2 Å². The summed E-state index contributed by atoms with van der Waals surface area (Å²) in [6.07, 6.45) is 5.34. The molecule has 0 aliphatic rings. The van der Waals surface area contributed by atoms with Gasteiger partial charge in [0, 0.05) is 15.4 Å². The fourth-order valence-electron chi connectivity index (χ4n) is 1.65. The molecule has 0 aliphatic heterocycles. The third kappa shape index (κ3) is 5.53. The normalized spacial score (nSPS) is 10.3. The summed E-state index contributed by atoms with van der Waals surface area (Å²) in [4.78, 5) is 10.9. The number of unbranched alkanes of at least 4 members (excludes halogenated alkanes) is 3. The first-order chi connectivity index (χ1) is 9.22. The van der Waals surface area contributed by atoms with Gasteiger partial charge in [0.1, 0.15) is 0 Å². The predicted molar refractivity (Wildman–Crippen MR) is 83.8 cm³/mol. The van der Waals surface area contributed by atoms with Gasteiger partial charge < -0.3 is 9.47 Å². The van der Waals surface area contributed by atoms with Gasteiger partial charge in [-0.1, -0.05) is 28.8 Å². The summed E-state index contributed by atoms with van der Waals surface area (Å²) in [6.45, 7) is 0.637. The molecule has 0 bridgehead atoms. The summed E-state index contributed by atoms with van der Waals surface area (Å²) in [6, 6.07) is 3.46. The van der Waals surface area contributed by atoms with Gasteiger partial charge in [0.2, 0.25) is 0 Å². The van der Waals surface area contributed by atoms with Crippen LogP contribution in [0.3, 0.4) is 0 Å². The van der Waals surface area contributed by atoms with Crippen LogP contribution in [0.15, 0.2) is 16.6 Å². The summed E-state index contributed by atoms with van der Waals surface area (Å²) in [5.41, 5.74) is 0.565. The molecule has 1 aromatic carbocycles. The minimum absolute atomic E-state index is 0.565. The van der Waals surface area contributed by atoms with Crippen LogP contribution >= 0.6 is 31.9 Å². The zero-order valence-electron chi connectivity index (χ0n) is 11.0. The first-order valence-corrected chi connectivity index (χ1v) is 8.15. The number of hydrogen-bond donors (Lipinski definition) is 0. The van der Waals surface area contributed by atoms with Crippen molar-refractivity contribution in [2.75, 3.05) is 19.0 Å². The van der Waals surface area contributed by atoms with Crippen molar-refractivity contribution in [2.45, 2.75) is 25.7 Å². The number of aldehydes is 1. The number of carbonyl (C=O) groups excluding carboxylic acids is 1. The van der Waals surface area contributed by atoms with E-state index in [0.717, 1.165) is 24.5 Å². The van der Waals surface area contributed by atoms with Crippen LogP contribution in [-0.4, -0.2) is 25.3 Å². The van der Waals surface area contributed by atoms with Gasteiger partial charge in [-0.05, 0) is 40.9 Å². The molecule has 0 unspecified atom stereocenters. The maximum absolute atomic E-state index is 10.9. The molecule has 19 heavy (non-hydrogen) atoms. The average Bonchev–Trinajstić information content (AvgIpc) is 2.43. The van der Waals surface area contributed by atoms with Gasteiger partial charge in [-0.2, -0.15) is 0 Å². The lowest BCUT2D eigenvalue weighted by Gasteiger charge is -2.12. The predicted octanol–water partition coefficient (Wildman–Crippen LogP) is 4.60. The van der Waals surface area contributed by atoms with Crippen molar-refractivity contribution in [3.8, 4) is 11.5 Å². The summed E-state index contributed by atoms with van der Waals surface area (Å²) < 4.78 is 11.6. The first kappa shape index (κ1) is 16.5. The lowest BCUT2D eigenvalue weighted by Crippen LogP contribution is -2.00. The molecule has 0 saturated heterocycles. The number of hydrogen-bond acceptors (Lipinski definition) is 3. The lowest BCUT2D eigenvalue weighted by atomic mass is 10.2. The largest absolute Gasteiger partial charge is 0.493 e. The van der Waals surface area contributed by atoms with Gasteiger partial charge in [-0.3, -0.25) is 4.79 Å². The van der Waals surface area contributed by atoms with Crippen molar-refractivity contribution >= 4 is 38.1 Å². The molecule has 106 valence electrons. The number of methoxy groups -OCH3 is 1. The van der Waals surface area contributed by atoms with Crippen molar-refractivity contribution in [1.82, 2.24) is 0 Å².